The number of nitrogens with zero attached hydrogens (tertiary/aromatic N) is 1. The van der Waals surface area contributed by atoms with E-state index < -0.39 is 0 Å². The Morgan fingerprint density at radius 2 is 2.15 bits per heavy atom. The Morgan fingerprint density at radius 1 is 1.38 bits per heavy atom. The largest absolute Gasteiger partial charge is 0.295 e. The lowest BCUT2D eigenvalue weighted by Crippen LogP contribution is -2.46. The van der Waals surface area contributed by atoms with E-state index in [1.165, 1.54) is 19.5 Å². The number of rotatable bonds is 0. The van der Waals surface area contributed by atoms with Crippen LogP contribution in [0.4, 0.5) is 0 Å². The van der Waals surface area contributed by atoms with E-state index in [1.54, 1.807) is 5.57 Å². The average molecular weight is 177 g/mol. The van der Waals surface area contributed by atoms with E-state index in [9.17, 15) is 0 Å². The van der Waals surface area contributed by atoms with Crippen molar-refractivity contribution >= 4 is 0 Å². The molecular formula is C12H19N. The molecule has 72 valence electrons. The molecule has 0 aromatic rings. The molecule has 13 heavy (non-hydrogen) atoms. The maximum atomic E-state index is 2.57. The van der Waals surface area contributed by atoms with E-state index in [1.807, 2.05) is 0 Å². The quantitative estimate of drug-likeness (QED) is 0.550. The molecule has 0 aromatic heterocycles. The van der Waals surface area contributed by atoms with Crippen LogP contribution in [0.1, 0.15) is 27.2 Å². The third-order valence-electron chi connectivity index (χ3n) is 3.16. The summed E-state index contributed by atoms with van der Waals surface area (Å²) in [5.74, 6) is 0.763. The van der Waals surface area contributed by atoms with Crippen LogP contribution in [-0.4, -0.2) is 23.5 Å². The lowest BCUT2D eigenvalue weighted by molar-refractivity contribution is 0.125. The molecule has 1 heterocycles. The molecule has 1 aliphatic carbocycles. The molecule has 0 bridgehead atoms. The summed E-state index contributed by atoms with van der Waals surface area (Å²) in [5, 5.41) is 0. The van der Waals surface area contributed by atoms with Gasteiger partial charge in [-0.15, -0.1) is 0 Å². The summed E-state index contributed by atoms with van der Waals surface area (Å²) >= 11 is 0. The van der Waals surface area contributed by atoms with Gasteiger partial charge in [0.15, 0.2) is 0 Å². The number of likely N-dealkylation sites (tertiary alicyclic amines) is 1. The molecule has 0 N–H and O–H groups in total. The molecule has 1 heteroatoms. The molecule has 1 atom stereocenters. The zero-order chi connectivity index (χ0) is 9.47. The van der Waals surface area contributed by atoms with Gasteiger partial charge in [0, 0.05) is 18.0 Å². The van der Waals surface area contributed by atoms with Gasteiger partial charge >= 0.3 is 0 Å². The highest BCUT2D eigenvalue weighted by Gasteiger charge is 2.29. The first-order chi connectivity index (χ1) is 6.07. The molecule has 1 saturated heterocycles. The van der Waals surface area contributed by atoms with Gasteiger partial charge in [0.05, 0.1) is 0 Å². The fraction of sp³-hybridized carbons (Fsp3) is 0.667. The zero-order valence-corrected chi connectivity index (χ0v) is 8.88. The summed E-state index contributed by atoms with van der Waals surface area (Å²) in [5.41, 5.74) is 1.94. The molecular weight excluding hydrogens is 158 g/mol. The maximum Gasteiger partial charge on any atom is 0.0207 e. The van der Waals surface area contributed by atoms with Gasteiger partial charge in [0.2, 0.25) is 0 Å². The summed E-state index contributed by atoms with van der Waals surface area (Å²) in [4.78, 5) is 2.57. The van der Waals surface area contributed by atoms with Crippen molar-refractivity contribution in [2.24, 2.45) is 5.92 Å². The molecule has 0 radical (unpaired) electrons. The molecule has 1 unspecified atom stereocenters. The van der Waals surface area contributed by atoms with E-state index in [0.29, 0.717) is 5.54 Å². The van der Waals surface area contributed by atoms with Gasteiger partial charge in [-0.2, -0.15) is 0 Å². The molecule has 1 aliphatic heterocycles. The second kappa shape index (κ2) is 2.98. The maximum absolute atomic E-state index is 2.57. The number of hydrogen-bond acceptors (Lipinski definition) is 1. The topological polar surface area (TPSA) is 3.24 Å². The van der Waals surface area contributed by atoms with Crippen molar-refractivity contribution in [2.75, 3.05) is 13.1 Å². The standard InChI is InChI=1S/C12H19N/c1-12(2,3)13-8-7-10-5-4-6-11(10)9-13/h4-6,10H,7-9H2,1-3H3. The number of fused-ring (bicyclic) bond motifs is 1. The minimum Gasteiger partial charge on any atom is -0.295 e. The lowest BCUT2D eigenvalue weighted by atomic mass is 9.91. The fourth-order valence-electron chi connectivity index (χ4n) is 2.18. The van der Waals surface area contributed by atoms with Gasteiger partial charge in [0.1, 0.15) is 0 Å². The van der Waals surface area contributed by atoms with Gasteiger partial charge in [-0.3, -0.25) is 4.90 Å². The second-order valence-electron chi connectivity index (χ2n) is 5.11. The van der Waals surface area contributed by atoms with Crippen LogP contribution in [0.2, 0.25) is 0 Å². The first-order valence-corrected chi connectivity index (χ1v) is 5.20. The monoisotopic (exact) mass is 177 g/mol. The number of hydrogen-bond donors (Lipinski definition) is 0. The zero-order valence-electron chi connectivity index (χ0n) is 8.88. The van der Waals surface area contributed by atoms with Gasteiger partial charge < -0.3 is 0 Å². The minimum absolute atomic E-state index is 0.328. The summed E-state index contributed by atoms with van der Waals surface area (Å²) in [6.45, 7) is 9.32. The predicted molar refractivity (Wildman–Crippen MR) is 56.7 cm³/mol. The van der Waals surface area contributed by atoms with Crippen molar-refractivity contribution in [3.63, 3.8) is 0 Å². The van der Waals surface area contributed by atoms with Crippen LogP contribution in [0.25, 0.3) is 0 Å². The molecule has 0 saturated carbocycles. The third-order valence-corrected chi connectivity index (χ3v) is 3.16. The van der Waals surface area contributed by atoms with E-state index in [0.717, 1.165) is 5.92 Å². The molecule has 0 amide bonds. The highest BCUT2D eigenvalue weighted by Crippen LogP contribution is 2.31. The molecule has 0 aromatic carbocycles. The van der Waals surface area contributed by atoms with E-state index >= 15 is 0 Å². The van der Waals surface area contributed by atoms with E-state index in [2.05, 4.69) is 43.9 Å². The minimum atomic E-state index is 0.328. The Kier molecular flexibility index (Phi) is 2.07. The number of piperidine rings is 1. The first-order valence-electron chi connectivity index (χ1n) is 5.20. The third kappa shape index (κ3) is 1.71. The van der Waals surface area contributed by atoms with Gasteiger partial charge in [-0.05, 0) is 39.3 Å². The van der Waals surface area contributed by atoms with Gasteiger partial charge in [0.25, 0.3) is 0 Å². The van der Waals surface area contributed by atoms with E-state index in [-0.39, 0.29) is 0 Å². The van der Waals surface area contributed by atoms with Crippen molar-refractivity contribution in [1.82, 2.24) is 4.90 Å². The smallest absolute Gasteiger partial charge is 0.0207 e. The lowest BCUT2D eigenvalue weighted by Gasteiger charge is -2.41. The normalized spacial score (nSPS) is 28.8. The van der Waals surface area contributed by atoms with Crippen molar-refractivity contribution in [3.05, 3.63) is 23.8 Å². The Labute approximate surface area is 81.1 Å². The van der Waals surface area contributed by atoms with Crippen LogP contribution >= 0.6 is 0 Å². The van der Waals surface area contributed by atoms with Crippen molar-refractivity contribution < 1.29 is 0 Å². The summed E-state index contributed by atoms with van der Waals surface area (Å²) in [7, 11) is 0. The van der Waals surface area contributed by atoms with Crippen LogP contribution in [-0.2, 0) is 0 Å². The Morgan fingerprint density at radius 3 is 2.85 bits per heavy atom. The van der Waals surface area contributed by atoms with Gasteiger partial charge in [-0.25, -0.2) is 0 Å². The Balaban J connectivity index is 2.07. The predicted octanol–water partition coefficient (Wildman–Crippen LogP) is 2.60. The average Bonchev–Trinajstić information content (AvgIpc) is 2.47. The summed E-state index contributed by atoms with van der Waals surface area (Å²) in [6.07, 6.45) is 8.16. The van der Waals surface area contributed by atoms with Gasteiger partial charge in [-0.1, -0.05) is 18.2 Å². The van der Waals surface area contributed by atoms with Crippen LogP contribution in [0.5, 0.6) is 0 Å². The van der Waals surface area contributed by atoms with Crippen LogP contribution in [0.15, 0.2) is 23.8 Å². The fourth-order valence-corrected chi connectivity index (χ4v) is 2.18. The molecule has 1 fully saturated rings. The van der Waals surface area contributed by atoms with Crippen LogP contribution in [0, 0.1) is 5.92 Å². The summed E-state index contributed by atoms with van der Waals surface area (Å²) in [6, 6.07) is 0. The Hall–Kier alpha value is -0.560. The summed E-state index contributed by atoms with van der Waals surface area (Å²) < 4.78 is 0. The van der Waals surface area contributed by atoms with Crippen molar-refractivity contribution in [2.45, 2.75) is 32.7 Å². The van der Waals surface area contributed by atoms with Crippen molar-refractivity contribution in [3.8, 4) is 0 Å². The number of allylic oxidation sites excluding steroid dienone is 3. The van der Waals surface area contributed by atoms with Crippen LogP contribution in [0.3, 0.4) is 0 Å². The molecule has 0 spiro atoms. The van der Waals surface area contributed by atoms with Crippen molar-refractivity contribution in [1.29, 1.82) is 0 Å². The molecule has 2 rings (SSSR count). The SMILES string of the molecule is CC(C)(C)N1CCC2C=CC=C2C1. The molecule has 2 aliphatic rings. The molecule has 1 nitrogen and oxygen atoms in total. The first kappa shape index (κ1) is 9.01. The highest BCUT2D eigenvalue weighted by atomic mass is 15.2. The highest BCUT2D eigenvalue weighted by molar-refractivity contribution is 5.30. The second-order valence-corrected chi connectivity index (χ2v) is 5.11. The van der Waals surface area contributed by atoms with Crippen LogP contribution < -0.4 is 0 Å². The van der Waals surface area contributed by atoms with E-state index in [4.69, 9.17) is 0 Å². The Bertz CT molecular complexity index is 255.